The van der Waals surface area contributed by atoms with E-state index in [9.17, 15) is 4.79 Å². The van der Waals surface area contributed by atoms with E-state index in [1.165, 1.54) is 6.33 Å². The molecule has 0 aliphatic rings. The van der Waals surface area contributed by atoms with E-state index in [1.54, 1.807) is 6.07 Å². The maximum absolute atomic E-state index is 11.8. The number of hydrogen-bond acceptors (Lipinski definition) is 2. The second-order valence-electron chi connectivity index (χ2n) is 5.51. The molecule has 0 N–H and O–H groups in total. The fourth-order valence-electron chi connectivity index (χ4n) is 1.94. The highest BCUT2D eigenvalue weighted by Gasteiger charge is 2.14. The topological polar surface area (TPSA) is 34.9 Å². The van der Waals surface area contributed by atoms with Gasteiger partial charge in [-0.15, -0.1) is 0 Å². The minimum absolute atomic E-state index is 0.160. The minimum atomic E-state index is -0.203. The van der Waals surface area contributed by atoms with Crippen LogP contribution >= 0.6 is 0 Å². The van der Waals surface area contributed by atoms with Gasteiger partial charge in [0.25, 0.3) is 0 Å². The summed E-state index contributed by atoms with van der Waals surface area (Å²) in [4.78, 5) is 16.1. The van der Waals surface area contributed by atoms with Crippen molar-refractivity contribution in [3.8, 4) is 0 Å². The molecule has 0 saturated carbocycles. The van der Waals surface area contributed by atoms with Crippen LogP contribution in [0.25, 0.3) is 10.9 Å². The van der Waals surface area contributed by atoms with E-state index in [2.05, 4.69) is 25.8 Å². The molecule has 17 heavy (non-hydrogen) atoms. The van der Waals surface area contributed by atoms with Gasteiger partial charge in [-0.2, -0.15) is 0 Å². The Balaban J connectivity index is 2.67. The quantitative estimate of drug-likeness (QED) is 0.696. The van der Waals surface area contributed by atoms with Crippen LogP contribution in [0, 0.1) is 5.41 Å². The number of para-hydroxylation sites is 1. The van der Waals surface area contributed by atoms with Crippen molar-refractivity contribution >= 4 is 18.9 Å². The van der Waals surface area contributed by atoms with E-state index in [1.807, 2.05) is 12.1 Å². The smallest absolute Gasteiger partial charge is 0.248 e. The summed E-state index contributed by atoms with van der Waals surface area (Å²) in [6, 6.07) is 5.66. The van der Waals surface area contributed by atoms with Crippen molar-refractivity contribution in [3.63, 3.8) is 0 Å². The second-order valence-corrected chi connectivity index (χ2v) is 5.51. The molecule has 0 unspecified atom stereocenters. The van der Waals surface area contributed by atoms with Crippen LogP contribution in [-0.4, -0.2) is 17.4 Å². The molecule has 0 saturated heterocycles. The highest BCUT2D eigenvalue weighted by Crippen LogP contribution is 2.24. The first kappa shape index (κ1) is 11.9. The molecule has 2 aromatic rings. The molecule has 0 aliphatic heterocycles. The molecule has 0 bridgehead atoms. The van der Waals surface area contributed by atoms with E-state index in [0.717, 1.165) is 22.0 Å². The van der Waals surface area contributed by atoms with Gasteiger partial charge < -0.3 is 4.48 Å². The fourth-order valence-corrected chi connectivity index (χ4v) is 1.94. The first-order valence-electron chi connectivity index (χ1n) is 5.63. The van der Waals surface area contributed by atoms with Gasteiger partial charge >= 0.3 is 0 Å². The number of benzene rings is 1. The van der Waals surface area contributed by atoms with E-state index in [-0.39, 0.29) is 11.0 Å². The van der Waals surface area contributed by atoms with Crippen molar-refractivity contribution in [2.45, 2.75) is 27.2 Å². The maximum Gasteiger partial charge on any atom is 0.248 e. The molecule has 0 spiro atoms. The van der Waals surface area contributed by atoms with Gasteiger partial charge in [-0.25, -0.2) is 4.98 Å². The number of rotatable bonds is 1. The number of aromatic nitrogens is 2. The van der Waals surface area contributed by atoms with Crippen molar-refractivity contribution in [2.75, 3.05) is 0 Å². The Morgan fingerprint density at radius 1 is 1.35 bits per heavy atom. The average molecular weight is 226 g/mol. The molecule has 2 radical (unpaired) electrons. The van der Waals surface area contributed by atoms with Crippen LogP contribution < -0.4 is 5.56 Å². The van der Waals surface area contributed by atoms with Crippen molar-refractivity contribution in [2.24, 2.45) is 5.41 Å². The zero-order chi connectivity index (χ0) is 12.6. The minimum Gasteiger partial charge on any atom is -0.356 e. The van der Waals surface area contributed by atoms with Gasteiger partial charge in [-0.3, -0.25) is 4.79 Å². The monoisotopic (exact) mass is 226 g/mol. The highest BCUT2D eigenvalue weighted by atomic mass is 16.1. The Hall–Kier alpha value is -1.58. The van der Waals surface area contributed by atoms with Crippen LogP contribution in [0.2, 0.25) is 0 Å². The molecule has 0 amide bonds. The number of hydrogen-bond donors (Lipinski definition) is 0. The van der Waals surface area contributed by atoms with Gasteiger partial charge in [0.15, 0.2) is 0 Å². The van der Waals surface area contributed by atoms with Crippen molar-refractivity contribution in [1.82, 2.24) is 9.46 Å². The summed E-state index contributed by atoms with van der Waals surface area (Å²) in [6.45, 7) is 6.49. The molecule has 1 aromatic carbocycles. The van der Waals surface area contributed by atoms with Crippen LogP contribution in [0.4, 0.5) is 0 Å². The predicted octanol–water partition coefficient (Wildman–Crippen LogP) is 1.92. The van der Waals surface area contributed by atoms with Gasteiger partial charge in [-0.1, -0.05) is 32.9 Å². The molecule has 0 atom stereocenters. The Morgan fingerprint density at radius 3 is 2.71 bits per heavy atom. The summed E-state index contributed by atoms with van der Waals surface area (Å²) in [5.74, 6) is 0. The predicted molar refractivity (Wildman–Crippen MR) is 70.3 cm³/mol. The standard InChI is InChI=1S/C13H15BN2O/c1-13(2,3)7-9-5-4-6-10-11(9)15-8-16(14)12(10)17/h4-6,8H,7H2,1-3H3. The van der Waals surface area contributed by atoms with Crippen LogP contribution in [0.1, 0.15) is 26.3 Å². The average Bonchev–Trinajstić information content (AvgIpc) is 2.22. The third-order valence-electron chi connectivity index (χ3n) is 2.62. The van der Waals surface area contributed by atoms with Gasteiger partial charge in [0, 0.05) is 0 Å². The largest absolute Gasteiger partial charge is 0.356 e. The van der Waals surface area contributed by atoms with Crippen LogP contribution in [0.5, 0.6) is 0 Å². The molecular weight excluding hydrogens is 211 g/mol. The third kappa shape index (κ3) is 2.41. The molecule has 4 heteroatoms. The molecule has 2 rings (SSSR count). The highest BCUT2D eigenvalue weighted by molar-refractivity contribution is 6.07. The molecule has 1 heterocycles. The van der Waals surface area contributed by atoms with Crippen molar-refractivity contribution in [3.05, 3.63) is 40.4 Å². The lowest BCUT2D eigenvalue weighted by Gasteiger charge is -2.18. The zero-order valence-corrected chi connectivity index (χ0v) is 10.4. The summed E-state index contributed by atoms with van der Waals surface area (Å²) in [7, 11) is 5.50. The summed E-state index contributed by atoms with van der Waals surface area (Å²) in [5.41, 5.74) is 1.81. The summed E-state index contributed by atoms with van der Waals surface area (Å²) < 4.78 is 1.02. The first-order chi connectivity index (χ1) is 7.88. The first-order valence-corrected chi connectivity index (χ1v) is 5.63. The van der Waals surface area contributed by atoms with Crippen LogP contribution in [-0.2, 0) is 6.42 Å². The Morgan fingerprint density at radius 2 is 2.06 bits per heavy atom. The molecule has 0 aliphatic carbocycles. The lowest BCUT2D eigenvalue weighted by Crippen LogP contribution is -2.19. The van der Waals surface area contributed by atoms with E-state index >= 15 is 0 Å². The maximum atomic E-state index is 11.8. The van der Waals surface area contributed by atoms with Crippen LogP contribution in [0.3, 0.4) is 0 Å². The fraction of sp³-hybridized carbons (Fsp3) is 0.385. The lowest BCUT2D eigenvalue weighted by molar-refractivity contribution is 0.412. The number of nitrogens with zero attached hydrogens (tertiary/aromatic N) is 2. The van der Waals surface area contributed by atoms with Gasteiger partial charge in [-0.05, 0) is 23.5 Å². The van der Waals surface area contributed by atoms with Gasteiger partial charge in [0.05, 0.1) is 17.2 Å². The van der Waals surface area contributed by atoms with Crippen molar-refractivity contribution < 1.29 is 0 Å². The second kappa shape index (κ2) is 4.02. The third-order valence-corrected chi connectivity index (χ3v) is 2.62. The van der Waals surface area contributed by atoms with Gasteiger partial charge in [0.2, 0.25) is 13.5 Å². The molecule has 1 aromatic heterocycles. The van der Waals surface area contributed by atoms with E-state index < -0.39 is 0 Å². The van der Waals surface area contributed by atoms with Crippen molar-refractivity contribution in [1.29, 1.82) is 0 Å². The Labute approximate surface area is 102 Å². The molecular formula is C13H15BN2O. The summed E-state index contributed by atoms with van der Waals surface area (Å²) >= 11 is 0. The van der Waals surface area contributed by atoms with Gasteiger partial charge in [0.1, 0.15) is 0 Å². The van der Waals surface area contributed by atoms with E-state index in [0.29, 0.717) is 5.39 Å². The molecule has 3 nitrogen and oxygen atoms in total. The lowest BCUT2D eigenvalue weighted by atomic mass is 9.87. The van der Waals surface area contributed by atoms with Crippen LogP contribution in [0.15, 0.2) is 29.3 Å². The normalized spacial score (nSPS) is 11.9. The van der Waals surface area contributed by atoms with E-state index in [4.69, 9.17) is 7.98 Å². The summed E-state index contributed by atoms with van der Waals surface area (Å²) in [6.07, 6.45) is 2.25. The Bertz CT molecular complexity index is 611. The Kier molecular flexibility index (Phi) is 2.81. The SMILES string of the molecule is [B]n1cnc2c(CC(C)(C)C)cccc2c1=O. The summed E-state index contributed by atoms with van der Waals surface area (Å²) in [5, 5.41) is 0.580. The zero-order valence-electron chi connectivity index (χ0n) is 10.4. The molecule has 86 valence electrons. The number of fused-ring (bicyclic) bond motifs is 1. The molecule has 0 fully saturated rings.